The largest absolute Gasteiger partial charge is 0.347 e. The van der Waals surface area contributed by atoms with Gasteiger partial charge < -0.3 is 9.80 Å². The Bertz CT molecular complexity index is 693. The first-order valence-corrected chi connectivity index (χ1v) is 6.83. The molecular formula is C15H19N5O2. The smallest absolute Gasteiger partial charge is 0.293 e. The lowest BCUT2D eigenvalue weighted by Crippen LogP contribution is -2.38. The van der Waals surface area contributed by atoms with Gasteiger partial charge in [0.1, 0.15) is 6.33 Å². The van der Waals surface area contributed by atoms with Crippen LogP contribution in [0.5, 0.6) is 0 Å². The van der Waals surface area contributed by atoms with E-state index in [2.05, 4.69) is 10.1 Å². The second-order valence-corrected chi connectivity index (χ2v) is 5.25. The average Bonchev–Trinajstić information content (AvgIpc) is 2.96. The topological polar surface area (TPSA) is 71.3 Å². The lowest BCUT2D eigenvalue weighted by molar-refractivity contribution is -0.129. The summed E-state index contributed by atoms with van der Waals surface area (Å²) >= 11 is 0. The summed E-state index contributed by atoms with van der Waals surface area (Å²) < 4.78 is 1.56. The highest BCUT2D eigenvalue weighted by atomic mass is 16.2. The standard InChI is InChI=1S/C15H19N5O2/c1-11-7-5-6-8-12(11)20-10-16-14(17-20)15(22)19(4)9-13(21)18(2)3/h5-8,10H,9H2,1-4H3. The third-order valence-corrected chi connectivity index (χ3v) is 3.26. The molecule has 1 aromatic carbocycles. The second kappa shape index (κ2) is 6.38. The van der Waals surface area contributed by atoms with Gasteiger partial charge in [0.15, 0.2) is 0 Å². The van der Waals surface area contributed by atoms with Crippen molar-refractivity contribution in [1.82, 2.24) is 24.6 Å². The zero-order valence-corrected chi connectivity index (χ0v) is 13.1. The number of nitrogens with zero attached hydrogens (tertiary/aromatic N) is 5. The van der Waals surface area contributed by atoms with Crippen LogP contribution < -0.4 is 0 Å². The minimum Gasteiger partial charge on any atom is -0.347 e. The van der Waals surface area contributed by atoms with E-state index >= 15 is 0 Å². The summed E-state index contributed by atoms with van der Waals surface area (Å²) in [5, 5.41) is 4.20. The number of para-hydroxylation sites is 1. The zero-order valence-electron chi connectivity index (χ0n) is 13.1. The molecule has 0 spiro atoms. The number of carbonyl (C=O) groups excluding carboxylic acids is 2. The summed E-state index contributed by atoms with van der Waals surface area (Å²) in [6.45, 7) is 1.95. The van der Waals surface area contributed by atoms with Crippen molar-refractivity contribution in [2.24, 2.45) is 0 Å². The maximum absolute atomic E-state index is 12.2. The van der Waals surface area contributed by atoms with E-state index in [0.29, 0.717) is 0 Å². The van der Waals surface area contributed by atoms with E-state index in [0.717, 1.165) is 11.3 Å². The molecule has 22 heavy (non-hydrogen) atoms. The van der Waals surface area contributed by atoms with E-state index in [1.165, 1.54) is 16.1 Å². The molecule has 0 atom stereocenters. The van der Waals surface area contributed by atoms with Gasteiger partial charge in [-0.15, -0.1) is 5.10 Å². The molecular weight excluding hydrogens is 282 g/mol. The van der Waals surface area contributed by atoms with Gasteiger partial charge in [0.25, 0.3) is 5.91 Å². The van der Waals surface area contributed by atoms with Crippen molar-refractivity contribution in [1.29, 1.82) is 0 Å². The first-order valence-electron chi connectivity index (χ1n) is 6.83. The maximum Gasteiger partial charge on any atom is 0.293 e. The summed E-state index contributed by atoms with van der Waals surface area (Å²) in [5.74, 6) is -0.478. The van der Waals surface area contributed by atoms with E-state index in [1.54, 1.807) is 25.8 Å². The molecule has 7 heteroatoms. The summed E-state index contributed by atoms with van der Waals surface area (Å²) in [5.41, 5.74) is 1.89. The number of hydrogen-bond donors (Lipinski definition) is 0. The summed E-state index contributed by atoms with van der Waals surface area (Å²) in [4.78, 5) is 30.7. The van der Waals surface area contributed by atoms with Gasteiger partial charge in [0, 0.05) is 21.1 Å². The number of likely N-dealkylation sites (N-methyl/N-ethyl adjacent to an activating group) is 2. The van der Waals surface area contributed by atoms with E-state index in [4.69, 9.17) is 0 Å². The average molecular weight is 301 g/mol. The normalized spacial score (nSPS) is 10.4. The molecule has 2 amide bonds. The number of aryl methyl sites for hydroxylation is 1. The Morgan fingerprint density at radius 3 is 2.50 bits per heavy atom. The Labute approximate surface area is 129 Å². The first kappa shape index (κ1) is 15.7. The molecule has 0 aliphatic heterocycles. The van der Waals surface area contributed by atoms with Crippen LogP contribution in [-0.4, -0.2) is 64.1 Å². The molecule has 0 saturated carbocycles. The lowest BCUT2D eigenvalue weighted by atomic mass is 10.2. The fourth-order valence-corrected chi connectivity index (χ4v) is 1.88. The molecule has 7 nitrogen and oxygen atoms in total. The molecule has 0 aliphatic rings. The number of rotatable bonds is 4. The Hall–Kier alpha value is -2.70. The number of hydrogen-bond acceptors (Lipinski definition) is 4. The van der Waals surface area contributed by atoms with Crippen molar-refractivity contribution < 1.29 is 9.59 Å². The monoisotopic (exact) mass is 301 g/mol. The molecule has 0 aliphatic carbocycles. The van der Waals surface area contributed by atoms with Crippen molar-refractivity contribution >= 4 is 11.8 Å². The van der Waals surface area contributed by atoms with Crippen LogP contribution in [0.15, 0.2) is 30.6 Å². The van der Waals surface area contributed by atoms with Crippen LogP contribution >= 0.6 is 0 Å². The van der Waals surface area contributed by atoms with Gasteiger partial charge in [0.2, 0.25) is 11.7 Å². The van der Waals surface area contributed by atoms with Gasteiger partial charge in [-0.3, -0.25) is 9.59 Å². The van der Waals surface area contributed by atoms with Crippen molar-refractivity contribution in [3.8, 4) is 5.69 Å². The highest BCUT2D eigenvalue weighted by molar-refractivity contribution is 5.93. The fourth-order valence-electron chi connectivity index (χ4n) is 1.88. The Kier molecular flexibility index (Phi) is 4.55. The molecule has 0 N–H and O–H groups in total. The van der Waals surface area contributed by atoms with Gasteiger partial charge in [0.05, 0.1) is 12.2 Å². The zero-order chi connectivity index (χ0) is 16.3. The van der Waals surface area contributed by atoms with Crippen LogP contribution in [0.3, 0.4) is 0 Å². The first-order chi connectivity index (χ1) is 10.4. The van der Waals surface area contributed by atoms with E-state index in [-0.39, 0.29) is 24.2 Å². The Morgan fingerprint density at radius 2 is 1.86 bits per heavy atom. The molecule has 0 saturated heterocycles. The molecule has 2 aromatic rings. The summed E-state index contributed by atoms with van der Waals surface area (Å²) in [7, 11) is 4.84. The van der Waals surface area contributed by atoms with Crippen molar-refractivity contribution in [3.63, 3.8) is 0 Å². The van der Waals surface area contributed by atoms with Crippen molar-refractivity contribution in [3.05, 3.63) is 42.0 Å². The third-order valence-electron chi connectivity index (χ3n) is 3.26. The molecule has 0 fully saturated rings. The number of benzene rings is 1. The molecule has 116 valence electrons. The predicted octanol–water partition coefficient (Wildman–Crippen LogP) is 0.736. The Balaban J connectivity index is 2.16. The van der Waals surface area contributed by atoms with Crippen molar-refractivity contribution in [2.75, 3.05) is 27.7 Å². The molecule has 0 radical (unpaired) electrons. The van der Waals surface area contributed by atoms with E-state index in [9.17, 15) is 9.59 Å². The van der Waals surface area contributed by atoms with Gasteiger partial charge >= 0.3 is 0 Å². The highest BCUT2D eigenvalue weighted by Gasteiger charge is 2.20. The molecule has 1 heterocycles. The highest BCUT2D eigenvalue weighted by Crippen LogP contribution is 2.12. The number of amides is 2. The minimum absolute atomic E-state index is 0.00919. The quantitative estimate of drug-likeness (QED) is 0.835. The number of carbonyl (C=O) groups is 2. The fraction of sp³-hybridized carbons (Fsp3) is 0.333. The molecule has 1 aromatic heterocycles. The lowest BCUT2D eigenvalue weighted by Gasteiger charge is -2.17. The van der Waals surface area contributed by atoms with Gasteiger partial charge in [-0.2, -0.15) is 0 Å². The summed E-state index contributed by atoms with van der Waals surface area (Å²) in [6.07, 6.45) is 1.50. The maximum atomic E-state index is 12.2. The second-order valence-electron chi connectivity index (χ2n) is 5.25. The predicted molar refractivity (Wildman–Crippen MR) is 81.8 cm³/mol. The van der Waals surface area contributed by atoms with Gasteiger partial charge in [-0.1, -0.05) is 18.2 Å². The SMILES string of the molecule is Cc1ccccc1-n1cnc(C(=O)N(C)CC(=O)N(C)C)n1. The summed E-state index contributed by atoms with van der Waals surface area (Å²) in [6, 6.07) is 7.69. The van der Waals surface area contributed by atoms with E-state index < -0.39 is 0 Å². The van der Waals surface area contributed by atoms with Crippen LogP contribution in [0.4, 0.5) is 0 Å². The number of aromatic nitrogens is 3. The van der Waals surface area contributed by atoms with Crippen LogP contribution in [0, 0.1) is 6.92 Å². The van der Waals surface area contributed by atoms with E-state index in [1.807, 2.05) is 31.2 Å². The van der Waals surface area contributed by atoms with Gasteiger partial charge in [-0.25, -0.2) is 9.67 Å². The molecule has 0 unspecified atom stereocenters. The van der Waals surface area contributed by atoms with Crippen LogP contribution in [0.1, 0.15) is 16.2 Å². The van der Waals surface area contributed by atoms with Crippen molar-refractivity contribution in [2.45, 2.75) is 6.92 Å². The minimum atomic E-state index is -0.387. The van der Waals surface area contributed by atoms with Crippen LogP contribution in [-0.2, 0) is 4.79 Å². The van der Waals surface area contributed by atoms with Crippen LogP contribution in [0.25, 0.3) is 5.69 Å². The molecule has 2 rings (SSSR count). The van der Waals surface area contributed by atoms with Crippen LogP contribution in [0.2, 0.25) is 0 Å². The third kappa shape index (κ3) is 3.30. The molecule has 0 bridgehead atoms. The Morgan fingerprint density at radius 1 is 1.18 bits per heavy atom. The van der Waals surface area contributed by atoms with Gasteiger partial charge in [-0.05, 0) is 18.6 Å².